The first kappa shape index (κ1) is 10.1. The molecule has 72 valence electrons. The smallest absolute Gasteiger partial charge is 0.165 e. The molecule has 3 nitrogen and oxygen atoms in total. The number of nitrogens with zero attached hydrogens (tertiary/aromatic N) is 1. The third kappa shape index (κ3) is 2.27. The van der Waals surface area contributed by atoms with Crippen LogP contribution in [0.1, 0.15) is 12.0 Å². The Balaban J connectivity index is 2.93. The highest BCUT2D eigenvalue weighted by atomic mass is 16.5. The number of nitriles is 1. The second-order valence-corrected chi connectivity index (χ2v) is 2.66. The van der Waals surface area contributed by atoms with E-state index in [1.165, 1.54) is 7.11 Å². The number of hydrogen-bond acceptors (Lipinski definition) is 3. The number of aromatic hydroxyl groups is 1. The maximum Gasteiger partial charge on any atom is 0.165 e. The molecule has 1 aromatic rings. The van der Waals surface area contributed by atoms with Crippen LogP contribution in [-0.4, -0.2) is 12.2 Å². The second kappa shape index (κ2) is 4.93. The Kier molecular flexibility index (Phi) is 3.57. The van der Waals surface area contributed by atoms with Crippen LogP contribution in [0.25, 0.3) is 6.08 Å². The maximum absolute atomic E-state index is 9.63. The number of ether oxygens (including phenoxy) is 1. The minimum Gasteiger partial charge on any atom is -0.504 e. The van der Waals surface area contributed by atoms with E-state index in [1.54, 1.807) is 30.4 Å². The van der Waals surface area contributed by atoms with Crippen molar-refractivity contribution in [2.24, 2.45) is 0 Å². The summed E-state index contributed by atoms with van der Waals surface area (Å²) in [6.45, 7) is 0. The quantitative estimate of drug-likeness (QED) is 0.793. The number of allylic oxidation sites excluding steroid dienone is 1. The highest BCUT2D eigenvalue weighted by Crippen LogP contribution is 2.30. The standard InChI is InChI=1S/C11H11NO2/c1-14-10-7-4-6-9(11(10)13)5-2-3-8-12/h2,4-7,13H,3H2,1H3. The normalized spacial score (nSPS) is 10.0. The van der Waals surface area contributed by atoms with E-state index in [0.717, 1.165) is 0 Å². The molecule has 0 amide bonds. The van der Waals surface area contributed by atoms with Crippen LogP contribution in [0.5, 0.6) is 11.5 Å². The van der Waals surface area contributed by atoms with Gasteiger partial charge in [0, 0.05) is 5.56 Å². The van der Waals surface area contributed by atoms with Gasteiger partial charge in [0.05, 0.1) is 19.6 Å². The third-order valence-electron chi connectivity index (χ3n) is 1.76. The lowest BCUT2D eigenvalue weighted by Gasteiger charge is -2.04. The van der Waals surface area contributed by atoms with Gasteiger partial charge in [-0.05, 0) is 6.07 Å². The molecule has 0 fully saturated rings. The number of rotatable bonds is 3. The monoisotopic (exact) mass is 189 g/mol. The van der Waals surface area contributed by atoms with Crippen molar-refractivity contribution in [3.05, 3.63) is 29.8 Å². The Morgan fingerprint density at radius 2 is 2.36 bits per heavy atom. The zero-order chi connectivity index (χ0) is 10.4. The minimum absolute atomic E-state index is 0.101. The fourth-order valence-electron chi connectivity index (χ4n) is 1.08. The number of para-hydroxylation sites is 1. The number of hydrogen-bond donors (Lipinski definition) is 1. The summed E-state index contributed by atoms with van der Waals surface area (Å²) in [4.78, 5) is 0. The fourth-order valence-corrected chi connectivity index (χ4v) is 1.08. The van der Waals surface area contributed by atoms with Crippen molar-refractivity contribution in [2.75, 3.05) is 7.11 Å². The summed E-state index contributed by atoms with van der Waals surface area (Å²) in [5.74, 6) is 0.535. The van der Waals surface area contributed by atoms with E-state index >= 15 is 0 Å². The van der Waals surface area contributed by atoms with Gasteiger partial charge in [-0.3, -0.25) is 0 Å². The van der Waals surface area contributed by atoms with Crippen molar-refractivity contribution >= 4 is 6.08 Å². The van der Waals surface area contributed by atoms with Gasteiger partial charge in [0.2, 0.25) is 0 Å². The molecule has 0 aromatic heterocycles. The Hall–Kier alpha value is -1.95. The van der Waals surface area contributed by atoms with Crippen LogP contribution in [0.4, 0.5) is 0 Å². The lowest BCUT2D eigenvalue weighted by Crippen LogP contribution is -1.84. The Morgan fingerprint density at radius 3 is 3.00 bits per heavy atom. The maximum atomic E-state index is 9.63. The minimum atomic E-state index is 0.101. The van der Waals surface area contributed by atoms with E-state index in [1.807, 2.05) is 6.07 Å². The molecule has 0 aliphatic carbocycles. The second-order valence-electron chi connectivity index (χ2n) is 2.66. The summed E-state index contributed by atoms with van der Waals surface area (Å²) < 4.78 is 4.94. The van der Waals surface area contributed by atoms with Crippen LogP contribution in [-0.2, 0) is 0 Å². The Bertz CT molecular complexity index is 377. The molecular weight excluding hydrogens is 178 g/mol. The molecule has 0 heterocycles. The van der Waals surface area contributed by atoms with Crippen LogP contribution in [0.2, 0.25) is 0 Å². The van der Waals surface area contributed by atoms with E-state index in [0.29, 0.717) is 17.7 Å². The first-order chi connectivity index (χ1) is 6.79. The molecule has 1 aromatic carbocycles. The number of phenols is 1. The van der Waals surface area contributed by atoms with Crippen LogP contribution in [0, 0.1) is 11.3 Å². The molecule has 0 aliphatic heterocycles. The fraction of sp³-hybridized carbons (Fsp3) is 0.182. The van der Waals surface area contributed by atoms with Gasteiger partial charge in [0.15, 0.2) is 11.5 Å². The topological polar surface area (TPSA) is 53.2 Å². The van der Waals surface area contributed by atoms with Crippen LogP contribution in [0.3, 0.4) is 0 Å². The summed E-state index contributed by atoms with van der Waals surface area (Å²) in [7, 11) is 1.50. The van der Waals surface area contributed by atoms with E-state index in [9.17, 15) is 5.11 Å². The van der Waals surface area contributed by atoms with Gasteiger partial charge in [-0.15, -0.1) is 0 Å². The van der Waals surface area contributed by atoms with Crippen molar-refractivity contribution in [3.8, 4) is 17.6 Å². The number of phenolic OH excluding ortho intramolecular Hbond substituents is 1. The van der Waals surface area contributed by atoms with E-state index in [2.05, 4.69) is 0 Å². The zero-order valence-corrected chi connectivity index (χ0v) is 7.90. The van der Waals surface area contributed by atoms with Crippen LogP contribution < -0.4 is 4.74 Å². The molecule has 1 rings (SSSR count). The predicted octanol–water partition coefficient (Wildman–Crippen LogP) is 2.33. The highest BCUT2D eigenvalue weighted by molar-refractivity contribution is 5.61. The Morgan fingerprint density at radius 1 is 1.57 bits per heavy atom. The van der Waals surface area contributed by atoms with Gasteiger partial charge >= 0.3 is 0 Å². The molecule has 3 heteroatoms. The average molecular weight is 189 g/mol. The van der Waals surface area contributed by atoms with Crippen molar-refractivity contribution < 1.29 is 9.84 Å². The van der Waals surface area contributed by atoms with Crippen molar-refractivity contribution in [2.45, 2.75) is 6.42 Å². The summed E-state index contributed by atoms with van der Waals surface area (Å²) in [5, 5.41) is 18.0. The zero-order valence-electron chi connectivity index (χ0n) is 7.90. The van der Waals surface area contributed by atoms with E-state index in [-0.39, 0.29) is 5.75 Å². The summed E-state index contributed by atoms with van der Waals surface area (Å²) in [5.41, 5.74) is 0.652. The van der Waals surface area contributed by atoms with Gasteiger partial charge in [0.1, 0.15) is 0 Å². The summed E-state index contributed by atoms with van der Waals surface area (Å²) >= 11 is 0. The molecule has 0 unspecified atom stereocenters. The highest BCUT2D eigenvalue weighted by Gasteiger charge is 2.03. The molecule has 14 heavy (non-hydrogen) atoms. The van der Waals surface area contributed by atoms with Crippen molar-refractivity contribution in [1.82, 2.24) is 0 Å². The summed E-state index contributed by atoms with van der Waals surface area (Å²) in [6.07, 6.45) is 3.71. The van der Waals surface area contributed by atoms with Crippen molar-refractivity contribution in [3.63, 3.8) is 0 Å². The van der Waals surface area contributed by atoms with Crippen molar-refractivity contribution in [1.29, 1.82) is 5.26 Å². The number of benzene rings is 1. The molecule has 0 radical (unpaired) electrons. The van der Waals surface area contributed by atoms with Gasteiger partial charge in [0.25, 0.3) is 0 Å². The molecule has 1 N–H and O–H groups in total. The lowest BCUT2D eigenvalue weighted by molar-refractivity contribution is 0.373. The van der Waals surface area contributed by atoms with E-state index in [4.69, 9.17) is 10.00 Å². The molecule has 0 spiro atoms. The Labute approximate surface area is 82.9 Å². The molecule has 0 aliphatic rings. The SMILES string of the molecule is COc1cccc(C=CCC#N)c1O. The third-order valence-corrected chi connectivity index (χ3v) is 1.76. The molecule has 0 atom stereocenters. The lowest BCUT2D eigenvalue weighted by atomic mass is 10.1. The average Bonchev–Trinajstić information content (AvgIpc) is 2.21. The van der Waals surface area contributed by atoms with Gasteiger partial charge < -0.3 is 9.84 Å². The predicted molar refractivity (Wildman–Crippen MR) is 53.9 cm³/mol. The van der Waals surface area contributed by atoms with Crippen LogP contribution >= 0.6 is 0 Å². The number of methoxy groups -OCH3 is 1. The largest absolute Gasteiger partial charge is 0.504 e. The molecule has 0 bridgehead atoms. The summed E-state index contributed by atoms with van der Waals surface area (Å²) in [6, 6.07) is 7.20. The first-order valence-electron chi connectivity index (χ1n) is 4.19. The molecule has 0 saturated heterocycles. The van der Waals surface area contributed by atoms with Gasteiger partial charge in [-0.2, -0.15) is 5.26 Å². The van der Waals surface area contributed by atoms with E-state index < -0.39 is 0 Å². The van der Waals surface area contributed by atoms with Gasteiger partial charge in [-0.25, -0.2) is 0 Å². The van der Waals surface area contributed by atoms with Crippen LogP contribution in [0.15, 0.2) is 24.3 Å². The van der Waals surface area contributed by atoms with Gasteiger partial charge in [-0.1, -0.05) is 24.3 Å². The molecular formula is C11H11NO2. The molecule has 0 saturated carbocycles. The first-order valence-corrected chi connectivity index (χ1v) is 4.19.